The van der Waals surface area contributed by atoms with Crippen molar-refractivity contribution in [3.63, 3.8) is 0 Å². The van der Waals surface area contributed by atoms with Crippen LogP contribution < -0.4 is 10.6 Å². The average Bonchev–Trinajstić information content (AvgIpc) is 2.27. The van der Waals surface area contributed by atoms with Crippen LogP contribution in [0.25, 0.3) is 0 Å². The second-order valence-corrected chi connectivity index (χ2v) is 4.36. The molecule has 0 atom stereocenters. The van der Waals surface area contributed by atoms with Crippen molar-refractivity contribution in [2.24, 2.45) is 5.92 Å². The van der Waals surface area contributed by atoms with Crippen molar-refractivity contribution in [3.8, 4) is 0 Å². The maximum atomic E-state index is 4.15. The molecule has 4 nitrogen and oxygen atoms in total. The molecule has 4 heteroatoms. The third-order valence-electron chi connectivity index (χ3n) is 2.13. The number of hydrogen-bond acceptors (Lipinski definition) is 4. The van der Waals surface area contributed by atoms with Gasteiger partial charge in [-0.25, -0.2) is 0 Å². The van der Waals surface area contributed by atoms with Crippen molar-refractivity contribution in [3.05, 3.63) is 17.8 Å². The molecule has 0 fully saturated rings. The SMILES string of the molecule is CCCNc1ccc(CNCC(C)C)nn1. The lowest BCUT2D eigenvalue weighted by Crippen LogP contribution is -2.19. The van der Waals surface area contributed by atoms with E-state index >= 15 is 0 Å². The molecule has 0 amide bonds. The molecule has 0 saturated carbocycles. The average molecular weight is 222 g/mol. The second-order valence-electron chi connectivity index (χ2n) is 4.36. The van der Waals surface area contributed by atoms with Crippen molar-refractivity contribution >= 4 is 5.82 Å². The van der Waals surface area contributed by atoms with Gasteiger partial charge in [0, 0.05) is 13.1 Å². The smallest absolute Gasteiger partial charge is 0.148 e. The van der Waals surface area contributed by atoms with E-state index in [-0.39, 0.29) is 0 Å². The van der Waals surface area contributed by atoms with Crippen LogP contribution in [-0.2, 0) is 6.54 Å². The topological polar surface area (TPSA) is 49.8 Å². The molecular weight excluding hydrogens is 200 g/mol. The van der Waals surface area contributed by atoms with Gasteiger partial charge in [0.15, 0.2) is 0 Å². The first-order chi connectivity index (χ1) is 7.72. The molecule has 0 spiro atoms. The summed E-state index contributed by atoms with van der Waals surface area (Å²) in [6, 6.07) is 3.99. The van der Waals surface area contributed by atoms with E-state index in [4.69, 9.17) is 0 Å². The summed E-state index contributed by atoms with van der Waals surface area (Å²) >= 11 is 0. The number of anilines is 1. The summed E-state index contributed by atoms with van der Waals surface area (Å²) in [6.45, 7) is 9.26. The van der Waals surface area contributed by atoms with Crippen LogP contribution in [-0.4, -0.2) is 23.3 Å². The first-order valence-corrected chi connectivity index (χ1v) is 5.99. The van der Waals surface area contributed by atoms with Crippen LogP contribution in [0.15, 0.2) is 12.1 Å². The zero-order chi connectivity index (χ0) is 11.8. The molecular formula is C12H22N4. The van der Waals surface area contributed by atoms with E-state index in [2.05, 4.69) is 41.6 Å². The molecule has 0 bridgehead atoms. The van der Waals surface area contributed by atoms with Gasteiger partial charge in [-0.15, -0.1) is 5.10 Å². The number of rotatable bonds is 7. The Morgan fingerprint density at radius 2 is 2.06 bits per heavy atom. The normalized spacial score (nSPS) is 10.8. The van der Waals surface area contributed by atoms with Gasteiger partial charge in [-0.2, -0.15) is 5.10 Å². The van der Waals surface area contributed by atoms with E-state index in [0.717, 1.165) is 37.6 Å². The summed E-state index contributed by atoms with van der Waals surface area (Å²) in [7, 11) is 0. The Hall–Kier alpha value is -1.16. The Labute approximate surface area is 97.9 Å². The molecule has 90 valence electrons. The Kier molecular flexibility index (Phi) is 5.78. The van der Waals surface area contributed by atoms with Gasteiger partial charge < -0.3 is 10.6 Å². The minimum absolute atomic E-state index is 0.665. The summed E-state index contributed by atoms with van der Waals surface area (Å²) in [5.41, 5.74) is 0.989. The van der Waals surface area contributed by atoms with Crippen molar-refractivity contribution < 1.29 is 0 Å². The van der Waals surface area contributed by atoms with E-state index in [1.165, 1.54) is 0 Å². The maximum Gasteiger partial charge on any atom is 0.148 e. The van der Waals surface area contributed by atoms with Crippen LogP contribution >= 0.6 is 0 Å². The van der Waals surface area contributed by atoms with Gasteiger partial charge in [-0.05, 0) is 31.0 Å². The summed E-state index contributed by atoms with van der Waals surface area (Å²) in [5, 5.41) is 14.8. The Morgan fingerprint density at radius 1 is 1.25 bits per heavy atom. The van der Waals surface area contributed by atoms with Gasteiger partial charge in [0.05, 0.1) is 5.69 Å². The van der Waals surface area contributed by atoms with Crippen LogP contribution in [0.5, 0.6) is 0 Å². The summed E-state index contributed by atoms with van der Waals surface area (Å²) in [5.74, 6) is 1.52. The summed E-state index contributed by atoms with van der Waals surface area (Å²) < 4.78 is 0. The highest BCUT2D eigenvalue weighted by atomic mass is 15.2. The minimum Gasteiger partial charge on any atom is -0.369 e. The molecule has 1 aromatic heterocycles. The number of nitrogens with one attached hydrogen (secondary N) is 2. The van der Waals surface area contributed by atoms with Crippen LogP contribution in [0.2, 0.25) is 0 Å². The highest BCUT2D eigenvalue weighted by Crippen LogP contribution is 2.01. The third-order valence-corrected chi connectivity index (χ3v) is 2.13. The minimum atomic E-state index is 0.665. The number of nitrogens with zero attached hydrogens (tertiary/aromatic N) is 2. The first-order valence-electron chi connectivity index (χ1n) is 5.99. The molecule has 0 unspecified atom stereocenters. The van der Waals surface area contributed by atoms with Crippen LogP contribution in [0.3, 0.4) is 0 Å². The first kappa shape index (κ1) is 12.9. The number of aromatic nitrogens is 2. The maximum absolute atomic E-state index is 4.15. The van der Waals surface area contributed by atoms with E-state index in [1.54, 1.807) is 0 Å². The third kappa shape index (κ3) is 5.07. The van der Waals surface area contributed by atoms with Gasteiger partial charge in [0.2, 0.25) is 0 Å². The van der Waals surface area contributed by atoms with E-state index in [1.807, 2.05) is 12.1 Å². The zero-order valence-electron chi connectivity index (χ0n) is 10.5. The molecule has 0 aliphatic rings. The summed E-state index contributed by atoms with van der Waals surface area (Å²) in [6.07, 6.45) is 1.10. The van der Waals surface area contributed by atoms with Gasteiger partial charge >= 0.3 is 0 Å². The van der Waals surface area contributed by atoms with Gasteiger partial charge in [-0.1, -0.05) is 20.8 Å². The largest absolute Gasteiger partial charge is 0.369 e. The highest BCUT2D eigenvalue weighted by Gasteiger charge is 1.98. The van der Waals surface area contributed by atoms with E-state index in [0.29, 0.717) is 5.92 Å². The standard InChI is InChI=1S/C12H22N4/c1-4-7-14-12-6-5-11(15-16-12)9-13-8-10(2)3/h5-6,10,13H,4,7-9H2,1-3H3,(H,14,16). The molecule has 16 heavy (non-hydrogen) atoms. The molecule has 0 aromatic carbocycles. The highest BCUT2D eigenvalue weighted by molar-refractivity contribution is 5.32. The molecule has 0 saturated heterocycles. The lowest BCUT2D eigenvalue weighted by Gasteiger charge is -2.07. The Morgan fingerprint density at radius 3 is 2.62 bits per heavy atom. The monoisotopic (exact) mass is 222 g/mol. The molecule has 1 aromatic rings. The fourth-order valence-electron chi connectivity index (χ4n) is 1.29. The molecule has 0 aliphatic carbocycles. The fourth-order valence-corrected chi connectivity index (χ4v) is 1.29. The van der Waals surface area contributed by atoms with E-state index in [9.17, 15) is 0 Å². The van der Waals surface area contributed by atoms with Crippen LogP contribution in [0, 0.1) is 5.92 Å². The lowest BCUT2D eigenvalue weighted by molar-refractivity contribution is 0.546. The van der Waals surface area contributed by atoms with Gasteiger partial charge in [0.1, 0.15) is 5.82 Å². The van der Waals surface area contributed by atoms with E-state index < -0.39 is 0 Å². The zero-order valence-corrected chi connectivity index (χ0v) is 10.5. The van der Waals surface area contributed by atoms with Crippen LogP contribution in [0.4, 0.5) is 5.82 Å². The predicted octanol–water partition coefficient (Wildman–Crippen LogP) is 2.04. The van der Waals surface area contributed by atoms with Crippen LogP contribution in [0.1, 0.15) is 32.9 Å². The second kappa shape index (κ2) is 7.17. The molecule has 1 heterocycles. The Balaban J connectivity index is 2.33. The molecule has 2 N–H and O–H groups in total. The predicted molar refractivity (Wildman–Crippen MR) is 67.4 cm³/mol. The van der Waals surface area contributed by atoms with Crippen molar-refractivity contribution in [2.75, 3.05) is 18.4 Å². The lowest BCUT2D eigenvalue weighted by atomic mass is 10.2. The number of hydrogen-bond donors (Lipinski definition) is 2. The van der Waals surface area contributed by atoms with Crippen molar-refractivity contribution in [1.82, 2.24) is 15.5 Å². The van der Waals surface area contributed by atoms with Gasteiger partial charge in [-0.3, -0.25) is 0 Å². The quantitative estimate of drug-likeness (QED) is 0.741. The molecule has 1 rings (SSSR count). The van der Waals surface area contributed by atoms with Crippen molar-refractivity contribution in [1.29, 1.82) is 0 Å². The van der Waals surface area contributed by atoms with Crippen molar-refractivity contribution in [2.45, 2.75) is 33.7 Å². The van der Waals surface area contributed by atoms with Gasteiger partial charge in [0.25, 0.3) is 0 Å². The molecule has 0 radical (unpaired) electrons. The Bertz CT molecular complexity index is 282. The fraction of sp³-hybridized carbons (Fsp3) is 0.667. The summed E-state index contributed by atoms with van der Waals surface area (Å²) in [4.78, 5) is 0. The molecule has 0 aliphatic heterocycles.